The van der Waals surface area contributed by atoms with Crippen molar-refractivity contribution in [3.05, 3.63) is 22.4 Å². The maximum absolute atomic E-state index is 11.3. The summed E-state index contributed by atoms with van der Waals surface area (Å²) in [5, 5.41) is 4.80. The number of carbonyl (C=O) groups is 1. The lowest BCUT2D eigenvalue weighted by Crippen LogP contribution is -2.28. The van der Waals surface area contributed by atoms with Gasteiger partial charge in [0, 0.05) is 11.4 Å². The molecular formula is C9H11NO2S. The van der Waals surface area contributed by atoms with Gasteiger partial charge in [-0.3, -0.25) is 4.79 Å². The third kappa shape index (κ3) is 2.82. The first-order valence-electron chi connectivity index (χ1n) is 4.25. The number of epoxide rings is 1. The van der Waals surface area contributed by atoms with Crippen LogP contribution in [-0.2, 0) is 16.0 Å². The molecule has 0 unspecified atom stereocenters. The van der Waals surface area contributed by atoms with Crippen LogP contribution in [0.3, 0.4) is 0 Å². The van der Waals surface area contributed by atoms with E-state index in [1.54, 1.807) is 11.3 Å². The van der Waals surface area contributed by atoms with Crippen LogP contribution < -0.4 is 5.32 Å². The van der Waals surface area contributed by atoms with Crippen LogP contribution in [0.4, 0.5) is 0 Å². The van der Waals surface area contributed by atoms with Gasteiger partial charge in [-0.15, -0.1) is 11.3 Å². The second-order valence-corrected chi connectivity index (χ2v) is 4.05. The van der Waals surface area contributed by atoms with Gasteiger partial charge in [0.2, 0.25) is 5.91 Å². The molecular weight excluding hydrogens is 186 g/mol. The average Bonchev–Trinajstić information content (AvgIpc) is 2.82. The summed E-state index contributed by atoms with van der Waals surface area (Å²) < 4.78 is 4.98. The molecule has 0 radical (unpaired) electrons. The third-order valence-corrected chi connectivity index (χ3v) is 2.72. The summed E-state index contributed by atoms with van der Waals surface area (Å²) in [6.45, 7) is 1.45. The first kappa shape index (κ1) is 8.72. The first-order valence-corrected chi connectivity index (χ1v) is 5.13. The molecule has 0 bridgehead atoms. The van der Waals surface area contributed by atoms with Crippen LogP contribution in [-0.4, -0.2) is 25.2 Å². The maximum Gasteiger partial charge on any atom is 0.225 e. The Balaban J connectivity index is 1.71. The molecule has 1 saturated heterocycles. The lowest BCUT2D eigenvalue weighted by molar-refractivity contribution is -0.120. The van der Waals surface area contributed by atoms with Gasteiger partial charge in [0.15, 0.2) is 0 Å². The average molecular weight is 197 g/mol. The second-order valence-electron chi connectivity index (χ2n) is 3.02. The molecule has 1 aromatic heterocycles. The normalized spacial score (nSPS) is 19.8. The van der Waals surface area contributed by atoms with Crippen molar-refractivity contribution in [1.82, 2.24) is 5.32 Å². The molecule has 0 saturated carbocycles. The minimum atomic E-state index is 0.0814. The Morgan fingerprint density at radius 3 is 3.23 bits per heavy atom. The zero-order valence-corrected chi connectivity index (χ0v) is 7.97. The fourth-order valence-electron chi connectivity index (χ4n) is 1.05. The van der Waals surface area contributed by atoms with Gasteiger partial charge in [-0.05, 0) is 11.4 Å². The summed E-state index contributed by atoms with van der Waals surface area (Å²) >= 11 is 1.61. The molecule has 13 heavy (non-hydrogen) atoms. The summed E-state index contributed by atoms with van der Waals surface area (Å²) in [5.74, 6) is 0.0814. The molecule has 70 valence electrons. The van der Waals surface area contributed by atoms with Crippen molar-refractivity contribution in [2.75, 3.05) is 13.2 Å². The fourth-order valence-corrected chi connectivity index (χ4v) is 1.75. The number of hydrogen-bond donors (Lipinski definition) is 1. The topological polar surface area (TPSA) is 41.6 Å². The molecule has 1 aromatic rings. The van der Waals surface area contributed by atoms with Crippen LogP contribution in [0, 0.1) is 0 Å². The molecule has 1 aliphatic heterocycles. The molecule has 1 aliphatic rings. The van der Waals surface area contributed by atoms with E-state index in [4.69, 9.17) is 4.74 Å². The highest BCUT2D eigenvalue weighted by Gasteiger charge is 2.22. The Morgan fingerprint density at radius 1 is 1.77 bits per heavy atom. The predicted octanol–water partition coefficient (Wildman–Crippen LogP) is 0.806. The van der Waals surface area contributed by atoms with E-state index in [2.05, 4.69) is 5.32 Å². The van der Waals surface area contributed by atoms with Gasteiger partial charge in [0.25, 0.3) is 0 Å². The summed E-state index contributed by atoms with van der Waals surface area (Å²) in [4.78, 5) is 12.4. The number of ether oxygens (including phenoxy) is 1. The second kappa shape index (κ2) is 3.89. The van der Waals surface area contributed by atoms with Crippen molar-refractivity contribution in [2.45, 2.75) is 12.5 Å². The number of hydrogen-bond acceptors (Lipinski definition) is 3. The third-order valence-electron chi connectivity index (χ3n) is 1.84. The Labute approximate surface area is 80.7 Å². The van der Waals surface area contributed by atoms with E-state index in [1.807, 2.05) is 17.5 Å². The molecule has 0 aromatic carbocycles. The molecule has 1 N–H and O–H groups in total. The lowest BCUT2D eigenvalue weighted by Gasteiger charge is -2.00. The van der Waals surface area contributed by atoms with Crippen molar-refractivity contribution in [2.24, 2.45) is 0 Å². The smallest absolute Gasteiger partial charge is 0.225 e. The molecule has 2 rings (SSSR count). The van der Waals surface area contributed by atoms with Gasteiger partial charge in [0.1, 0.15) is 0 Å². The molecule has 1 atom stereocenters. The largest absolute Gasteiger partial charge is 0.371 e. The van der Waals surface area contributed by atoms with E-state index >= 15 is 0 Å². The predicted molar refractivity (Wildman–Crippen MR) is 50.8 cm³/mol. The summed E-state index contributed by atoms with van der Waals surface area (Å²) in [7, 11) is 0. The van der Waals surface area contributed by atoms with E-state index in [0.29, 0.717) is 13.0 Å². The Bertz CT molecular complexity index is 280. The number of thiophene rings is 1. The fraction of sp³-hybridized carbons (Fsp3) is 0.444. The van der Waals surface area contributed by atoms with Gasteiger partial charge < -0.3 is 10.1 Å². The standard InChI is InChI=1S/C9H11NO2S/c11-9(10-5-7-6-12-7)4-8-2-1-3-13-8/h1-3,7H,4-6H2,(H,10,11)/t7-/m1/s1. The number of rotatable bonds is 4. The minimum absolute atomic E-state index is 0.0814. The molecule has 4 heteroatoms. The Kier molecular flexibility index (Phi) is 2.61. The maximum atomic E-state index is 11.3. The van der Waals surface area contributed by atoms with E-state index < -0.39 is 0 Å². The van der Waals surface area contributed by atoms with Crippen LogP contribution in [0.2, 0.25) is 0 Å². The molecule has 0 aliphatic carbocycles. The molecule has 1 fully saturated rings. The quantitative estimate of drug-likeness (QED) is 0.726. The number of nitrogens with one attached hydrogen (secondary N) is 1. The van der Waals surface area contributed by atoms with E-state index in [1.165, 1.54) is 0 Å². The van der Waals surface area contributed by atoms with E-state index in [0.717, 1.165) is 11.5 Å². The molecule has 0 spiro atoms. The SMILES string of the molecule is O=C(Cc1cccs1)NC[C@@H]1CO1. The van der Waals surface area contributed by atoms with Crippen LogP contribution in [0.5, 0.6) is 0 Å². The zero-order valence-electron chi connectivity index (χ0n) is 7.16. The highest BCUT2D eigenvalue weighted by atomic mass is 32.1. The van der Waals surface area contributed by atoms with Crippen LogP contribution in [0.15, 0.2) is 17.5 Å². The highest BCUT2D eigenvalue weighted by molar-refractivity contribution is 7.10. The van der Waals surface area contributed by atoms with Crippen molar-refractivity contribution >= 4 is 17.2 Å². The minimum Gasteiger partial charge on any atom is -0.371 e. The van der Waals surface area contributed by atoms with Crippen LogP contribution in [0.25, 0.3) is 0 Å². The first-order chi connectivity index (χ1) is 6.34. The molecule has 1 amide bonds. The molecule has 3 nitrogen and oxygen atoms in total. The Morgan fingerprint density at radius 2 is 2.62 bits per heavy atom. The van der Waals surface area contributed by atoms with Crippen LogP contribution in [0.1, 0.15) is 4.88 Å². The summed E-state index contributed by atoms with van der Waals surface area (Å²) in [5.41, 5.74) is 0. The van der Waals surface area contributed by atoms with E-state index in [9.17, 15) is 4.79 Å². The van der Waals surface area contributed by atoms with Crippen molar-refractivity contribution in [3.63, 3.8) is 0 Å². The van der Waals surface area contributed by atoms with Gasteiger partial charge >= 0.3 is 0 Å². The summed E-state index contributed by atoms with van der Waals surface area (Å²) in [6, 6.07) is 3.93. The van der Waals surface area contributed by atoms with Crippen molar-refractivity contribution in [3.8, 4) is 0 Å². The van der Waals surface area contributed by atoms with Crippen molar-refractivity contribution < 1.29 is 9.53 Å². The Hall–Kier alpha value is -0.870. The zero-order chi connectivity index (χ0) is 9.10. The van der Waals surface area contributed by atoms with Gasteiger partial charge in [-0.1, -0.05) is 6.07 Å². The number of amides is 1. The van der Waals surface area contributed by atoms with E-state index in [-0.39, 0.29) is 12.0 Å². The number of carbonyl (C=O) groups excluding carboxylic acids is 1. The molecule has 2 heterocycles. The van der Waals surface area contributed by atoms with Crippen LogP contribution >= 0.6 is 11.3 Å². The van der Waals surface area contributed by atoms with Gasteiger partial charge in [-0.2, -0.15) is 0 Å². The monoisotopic (exact) mass is 197 g/mol. The van der Waals surface area contributed by atoms with Crippen molar-refractivity contribution in [1.29, 1.82) is 0 Å². The lowest BCUT2D eigenvalue weighted by atomic mass is 10.3. The van der Waals surface area contributed by atoms with Gasteiger partial charge in [0.05, 0.1) is 19.1 Å². The van der Waals surface area contributed by atoms with Gasteiger partial charge in [-0.25, -0.2) is 0 Å². The summed E-state index contributed by atoms with van der Waals surface area (Å²) in [6.07, 6.45) is 0.761. The highest BCUT2D eigenvalue weighted by Crippen LogP contribution is 2.09.